The van der Waals surface area contributed by atoms with E-state index in [9.17, 15) is 4.79 Å². The first-order valence-corrected chi connectivity index (χ1v) is 9.98. The zero-order chi connectivity index (χ0) is 16.8. The fourth-order valence-electron chi connectivity index (χ4n) is 2.52. The second-order valence-electron chi connectivity index (χ2n) is 5.59. The summed E-state index contributed by atoms with van der Waals surface area (Å²) in [4.78, 5) is 15.4. The van der Waals surface area contributed by atoms with Gasteiger partial charge in [0, 0.05) is 25.2 Å². The minimum absolute atomic E-state index is 0.102. The lowest BCUT2D eigenvalue weighted by Gasteiger charge is -2.16. The van der Waals surface area contributed by atoms with E-state index in [0.717, 1.165) is 38.9 Å². The van der Waals surface area contributed by atoms with Gasteiger partial charge in [0.05, 0.1) is 15.3 Å². The molecule has 0 aliphatic rings. The molecule has 2 rings (SSSR count). The van der Waals surface area contributed by atoms with Crippen LogP contribution < -0.4 is 0 Å². The Bertz CT molecular complexity index is 635. The van der Waals surface area contributed by atoms with Crippen molar-refractivity contribution in [3.05, 3.63) is 22.7 Å². The largest absolute Gasteiger partial charge is 0.356 e. The summed E-state index contributed by atoms with van der Waals surface area (Å²) in [5.41, 5.74) is 1.99. The zero-order valence-corrected chi connectivity index (χ0v) is 15.9. The second-order valence-corrected chi connectivity index (χ2v) is 7.68. The summed E-state index contributed by atoms with van der Waals surface area (Å²) >= 11 is 3.19. The van der Waals surface area contributed by atoms with Gasteiger partial charge in [0.25, 0.3) is 5.91 Å². The van der Waals surface area contributed by atoms with E-state index in [1.807, 2.05) is 31.2 Å². The van der Waals surface area contributed by atoms with Crippen LogP contribution in [0.15, 0.2) is 21.0 Å². The van der Waals surface area contributed by atoms with E-state index in [4.69, 9.17) is 4.52 Å². The maximum absolute atomic E-state index is 12.8. The molecule has 0 unspecified atom stereocenters. The summed E-state index contributed by atoms with van der Waals surface area (Å²) in [5, 5.41) is 3.79. The number of rotatable bonds is 8. The average Bonchev–Trinajstić information content (AvgIpc) is 3.17. The van der Waals surface area contributed by atoms with Gasteiger partial charge in [-0.05, 0) is 25.2 Å². The number of thiophene rings is 1. The Balaban J connectivity index is 2.18. The average molecular weight is 353 g/mol. The predicted molar refractivity (Wildman–Crippen MR) is 97.4 cm³/mol. The van der Waals surface area contributed by atoms with Crippen molar-refractivity contribution in [3.63, 3.8) is 0 Å². The minimum Gasteiger partial charge on any atom is -0.356 e. The van der Waals surface area contributed by atoms with Gasteiger partial charge in [0.1, 0.15) is 0 Å². The molecule has 4 nitrogen and oxygen atoms in total. The number of aromatic nitrogens is 1. The number of hydrogen-bond acceptors (Lipinski definition) is 5. The molecule has 0 aliphatic carbocycles. The molecule has 0 bridgehead atoms. The Morgan fingerprint density at radius 1 is 1.39 bits per heavy atom. The Morgan fingerprint density at radius 3 is 2.78 bits per heavy atom. The number of thioether (sulfide) groups is 1. The summed E-state index contributed by atoms with van der Waals surface area (Å²) in [6.07, 6.45) is 8.33. The van der Waals surface area contributed by atoms with Crippen LogP contribution in [-0.2, 0) is 0 Å². The number of hydrogen-bond donors (Lipinski definition) is 0. The Hall–Kier alpha value is -1.27. The van der Waals surface area contributed by atoms with E-state index < -0.39 is 0 Å². The van der Waals surface area contributed by atoms with Gasteiger partial charge in [-0.1, -0.05) is 31.3 Å². The Kier molecular flexibility index (Phi) is 6.72. The molecule has 0 fully saturated rings. The molecule has 0 radical (unpaired) electrons. The van der Waals surface area contributed by atoms with Crippen LogP contribution in [0.3, 0.4) is 0 Å². The number of carbonyl (C=O) groups is 1. The van der Waals surface area contributed by atoms with Gasteiger partial charge in [0.2, 0.25) is 0 Å². The molecular weight excluding hydrogens is 328 g/mol. The molecule has 0 spiro atoms. The minimum atomic E-state index is 0.102. The molecule has 0 N–H and O–H groups in total. The fraction of sp³-hybridized carbons (Fsp3) is 0.529. The molecule has 0 atom stereocenters. The van der Waals surface area contributed by atoms with Gasteiger partial charge in [-0.25, -0.2) is 0 Å². The van der Waals surface area contributed by atoms with E-state index >= 15 is 0 Å². The Morgan fingerprint density at radius 2 is 2.17 bits per heavy atom. The maximum Gasteiger partial charge on any atom is 0.263 e. The van der Waals surface area contributed by atoms with Gasteiger partial charge in [0.15, 0.2) is 5.76 Å². The van der Waals surface area contributed by atoms with Crippen molar-refractivity contribution in [2.24, 2.45) is 0 Å². The van der Waals surface area contributed by atoms with Crippen molar-refractivity contribution >= 4 is 29.0 Å². The first-order valence-electron chi connectivity index (χ1n) is 7.94. The quantitative estimate of drug-likeness (QED) is 0.490. The van der Waals surface area contributed by atoms with E-state index in [1.165, 1.54) is 19.3 Å². The van der Waals surface area contributed by atoms with Crippen LogP contribution in [0.4, 0.5) is 0 Å². The predicted octanol–water partition coefficient (Wildman–Crippen LogP) is 5.09. The lowest BCUT2D eigenvalue weighted by atomic mass is 10.1. The van der Waals surface area contributed by atoms with Crippen molar-refractivity contribution < 1.29 is 9.32 Å². The monoisotopic (exact) mass is 352 g/mol. The highest BCUT2D eigenvalue weighted by molar-refractivity contribution is 8.00. The van der Waals surface area contributed by atoms with Gasteiger partial charge in [-0.2, -0.15) is 0 Å². The van der Waals surface area contributed by atoms with E-state index in [-0.39, 0.29) is 5.91 Å². The van der Waals surface area contributed by atoms with Crippen molar-refractivity contribution in [2.75, 3.05) is 19.8 Å². The second kappa shape index (κ2) is 8.55. The first-order chi connectivity index (χ1) is 11.1. The molecule has 0 aliphatic heterocycles. The molecule has 2 heterocycles. The third-order valence-corrected chi connectivity index (χ3v) is 6.27. The van der Waals surface area contributed by atoms with Gasteiger partial charge in [-0.15, -0.1) is 23.1 Å². The van der Waals surface area contributed by atoms with Crippen LogP contribution >= 0.6 is 23.1 Å². The molecule has 23 heavy (non-hydrogen) atoms. The first kappa shape index (κ1) is 18.1. The van der Waals surface area contributed by atoms with Crippen molar-refractivity contribution in [3.8, 4) is 11.3 Å². The molecule has 126 valence electrons. The molecule has 0 saturated heterocycles. The zero-order valence-electron chi connectivity index (χ0n) is 14.2. The topological polar surface area (TPSA) is 46.3 Å². The third-order valence-electron chi connectivity index (χ3n) is 3.87. The van der Waals surface area contributed by atoms with Gasteiger partial charge < -0.3 is 9.42 Å². The number of unbranched alkanes of at least 4 members (excludes halogenated alkanes) is 3. The van der Waals surface area contributed by atoms with Gasteiger partial charge in [-0.3, -0.25) is 4.79 Å². The van der Waals surface area contributed by atoms with E-state index in [1.54, 1.807) is 29.3 Å². The highest BCUT2D eigenvalue weighted by atomic mass is 32.2. The smallest absolute Gasteiger partial charge is 0.263 e. The SMILES string of the molecule is CCCCCCN(C)C(=O)c1sc(SC)c(-c2ccno2)c1C. The highest BCUT2D eigenvalue weighted by Crippen LogP contribution is 2.41. The van der Waals surface area contributed by atoms with Crippen LogP contribution in [0.1, 0.15) is 47.8 Å². The van der Waals surface area contributed by atoms with Crippen LogP contribution in [0, 0.1) is 6.92 Å². The summed E-state index contributed by atoms with van der Waals surface area (Å²) in [6, 6.07) is 1.84. The highest BCUT2D eigenvalue weighted by Gasteiger charge is 2.24. The van der Waals surface area contributed by atoms with Crippen molar-refractivity contribution in [1.29, 1.82) is 0 Å². The molecular formula is C17H24N2O2S2. The van der Waals surface area contributed by atoms with Crippen LogP contribution in [0.2, 0.25) is 0 Å². The number of carbonyl (C=O) groups excluding carboxylic acids is 1. The molecule has 1 amide bonds. The van der Waals surface area contributed by atoms with Crippen molar-refractivity contribution in [1.82, 2.24) is 10.1 Å². The normalized spacial score (nSPS) is 11.0. The molecule has 2 aromatic heterocycles. The summed E-state index contributed by atoms with van der Waals surface area (Å²) in [7, 11) is 1.89. The number of nitrogens with zero attached hydrogens (tertiary/aromatic N) is 2. The summed E-state index contributed by atoms with van der Waals surface area (Å²) in [6.45, 7) is 4.99. The fourth-order valence-corrected chi connectivity index (χ4v) is 4.60. The van der Waals surface area contributed by atoms with E-state index in [2.05, 4.69) is 12.1 Å². The Labute approximate surface area is 146 Å². The van der Waals surface area contributed by atoms with Crippen LogP contribution in [-0.4, -0.2) is 35.8 Å². The lowest BCUT2D eigenvalue weighted by Crippen LogP contribution is -2.27. The summed E-state index contributed by atoms with van der Waals surface area (Å²) < 4.78 is 6.41. The van der Waals surface area contributed by atoms with E-state index in [0.29, 0.717) is 0 Å². The standard InChI is InChI=1S/C17H24N2O2S2/c1-5-6-7-8-11-19(3)16(20)15-12(2)14(17(22-4)23-15)13-9-10-18-21-13/h9-10H,5-8,11H2,1-4H3. The lowest BCUT2D eigenvalue weighted by molar-refractivity contribution is 0.0796. The van der Waals surface area contributed by atoms with Crippen LogP contribution in [0.25, 0.3) is 11.3 Å². The molecule has 0 saturated carbocycles. The molecule has 2 aromatic rings. The number of amides is 1. The van der Waals surface area contributed by atoms with Gasteiger partial charge >= 0.3 is 0 Å². The molecule has 6 heteroatoms. The maximum atomic E-state index is 12.8. The van der Waals surface area contributed by atoms with Crippen molar-refractivity contribution in [2.45, 2.75) is 43.7 Å². The van der Waals surface area contributed by atoms with Crippen LogP contribution in [0.5, 0.6) is 0 Å². The third kappa shape index (κ3) is 4.18. The summed E-state index contributed by atoms with van der Waals surface area (Å²) in [5.74, 6) is 0.831. The molecule has 0 aromatic carbocycles.